The van der Waals surface area contributed by atoms with Crippen molar-refractivity contribution < 1.29 is 71.3 Å². The Morgan fingerprint density at radius 3 is 2.43 bits per heavy atom. The monoisotopic (exact) mass is 569 g/mol. The molecule has 2 atom stereocenters. The summed E-state index contributed by atoms with van der Waals surface area (Å²) in [4.78, 5) is 59.2. The normalized spacial score (nSPS) is 20.2. The average Bonchev–Trinajstić information content (AvgIpc) is 3.04. The van der Waals surface area contributed by atoms with Gasteiger partial charge in [-0.2, -0.15) is 0 Å². The Kier molecular flexibility index (Phi) is 11.1. The van der Waals surface area contributed by atoms with E-state index in [1.54, 1.807) is 4.90 Å². The van der Waals surface area contributed by atoms with Gasteiger partial charge in [0.1, 0.15) is 24.4 Å². The van der Waals surface area contributed by atoms with Crippen LogP contribution in [0.25, 0.3) is 0 Å². The molecule has 16 nitrogen and oxygen atoms in total. The Labute approximate surface area is 237 Å². The van der Waals surface area contributed by atoms with Crippen LogP contribution in [-0.2, 0) is 34.3 Å². The van der Waals surface area contributed by atoms with Gasteiger partial charge in [0.2, 0.25) is 0 Å². The summed E-state index contributed by atoms with van der Waals surface area (Å²) < 4.78 is 38.6. The van der Waals surface area contributed by atoms with Gasteiger partial charge in [0, 0.05) is 18.5 Å². The second-order valence-electron chi connectivity index (χ2n) is 7.82. The van der Waals surface area contributed by atoms with Crippen molar-refractivity contribution in [2.24, 2.45) is 10.9 Å². The quantitative estimate of drug-likeness (QED) is 0.0837. The summed E-state index contributed by atoms with van der Waals surface area (Å²) in [6.45, 7) is -0.0699. The zero-order chi connectivity index (χ0) is 26.5. The molecule has 4 amide bonds. The minimum atomic E-state index is -5.26. The SMILES string of the molecule is NC(=O)OC[C@@H]1[C@H](NC(=O)/C(=N\OCC(=O)N2CCCCCC2)c2csc(N)n2)C(=O)N1S(=O)(=O)[O-].[Na+]. The van der Waals surface area contributed by atoms with Gasteiger partial charge >= 0.3 is 35.7 Å². The number of nitrogens with zero attached hydrogens (tertiary/aromatic N) is 4. The average molecular weight is 570 g/mol. The van der Waals surface area contributed by atoms with Gasteiger partial charge in [-0.05, 0) is 12.8 Å². The van der Waals surface area contributed by atoms with Crippen LogP contribution in [0.1, 0.15) is 31.4 Å². The standard InChI is InChI=1S/C18H25N7O9S2.Na/c19-17-21-10(9-35-17)13(23-34-8-12(26)24-5-3-1-2-4-6-24)15(27)22-14-11(7-33-18(20)29)25(16(14)28)36(30,31)32;/h9,11,14H,1-8H2,(H2,19,21)(H2,20,29)(H,22,27)(H,30,31,32);/q;+1/p-1/b23-13-;/t11-,14+;/m1./s1. The number of nitrogens with one attached hydrogen (secondary N) is 1. The van der Waals surface area contributed by atoms with Crippen LogP contribution in [-0.4, -0.2) is 95.1 Å². The number of ether oxygens (including phenoxy) is 1. The summed E-state index contributed by atoms with van der Waals surface area (Å²) in [6.07, 6.45) is 2.49. The molecule has 1 aromatic heterocycles. The third-order valence-electron chi connectivity index (χ3n) is 5.38. The van der Waals surface area contributed by atoms with E-state index in [0.717, 1.165) is 37.0 Å². The number of hydrogen-bond acceptors (Lipinski definition) is 13. The number of carbonyl (C=O) groups excluding carboxylic acids is 4. The summed E-state index contributed by atoms with van der Waals surface area (Å²) >= 11 is 0.978. The summed E-state index contributed by atoms with van der Waals surface area (Å²) in [5.41, 5.74) is 9.98. The van der Waals surface area contributed by atoms with E-state index in [4.69, 9.17) is 16.3 Å². The molecule has 3 heterocycles. The van der Waals surface area contributed by atoms with Crippen molar-refractivity contribution in [3.05, 3.63) is 11.1 Å². The van der Waals surface area contributed by atoms with Crippen LogP contribution in [0.2, 0.25) is 0 Å². The van der Waals surface area contributed by atoms with Crippen molar-refractivity contribution in [1.29, 1.82) is 0 Å². The molecule has 37 heavy (non-hydrogen) atoms. The number of primary amides is 1. The second kappa shape index (κ2) is 13.3. The van der Waals surface area contributed by atoms with E-state index in [-0.39, 0.29) is 50.6 Å². The summed E-state index contributed by atoms with van der Waals surface area (Å²) in [5.74, 6) is -2.63. The Balaban J connectivity index is 0.00000481. The number of anilines is 1. The number of likely N-dealkylation sites (tertiary alicyclic amines) is 1. The number of aromatic nitrogens is 1. The van der Waals surface area contributed by atoms with Crippen LogP contribution in [0, 0.1) is 0 Å². The molecule has 0 bridgehead atoms. The van der Waals surface area contributed by atoms with E-state index >= 15 is 0 Å². The van der Waals surface area contributed by atoms with Gasteiger partial charge in [-0.15, -0.1) is 11.3 Å². The van der Waals surface area contributed by atoms with Gasteiger partial charge in [0.25, 0.3) is 17.7 Å². The van der Waals surface area contributed by atoms with Crippen LogP contribution in [0.3, 0.4) is 0 Å². The van der Waals surface area contributed by atoms with Gasteiger partial charge in [-0.1, -0.05) is 18.0 Å². The molecule has 2 aliphatic rings. The first-order valence-electron chi connectivity index (χ1n) is 10.7. The maximum atomic E-state index is 12.9. The second-order valence-corrected chi connectivity index (χ2v) is 9.96. The van der Waals surface area contributed by atoms with Crippen molar-refractivity contribution >= 4 is 56.3 Å². The van der Waals surface area contributed by atoms with Crippen molar-refractivity contribution in [2.45, 2.75) is 37.8 Å². The van der Waals surface area contributed by atoms with E-state index < -0.39 is 59.2 Å². The molecule has 0 radical (unpaired) electrons. The largest absolute Gasteiger partial charge is 1.00 e. The summed E-state index contributed by atoms with van der Waals surface area (Å²) in [6, 6.07) is -3.11. The Hall–Kier alpha value is -2.51. The molecule has 2 saturated heterocycles. The van der Waals surface area contributed by atoms with Gasteiger partial charge in [0.15, 0.2) is 27.8 Å². The number of carbonyl (C=O) groups is 4. The number of nitrogen functional groups attached to an aromatic ring is 1. The zero-order valence-electron chi connectivity index (χ0n) is 19.8. The molecule has 2 fully saturated rings. The first-order valence-corrected chi connectivity index (χ1v) is 12.9. The minimum absolute atomic E-state index is 0. The van der Waals surface area contributed by atoms with Gasteiger partial charge < -0.3 is 35.8 Å². The Morgan fingerprint density at radius 1 is 1.24 bits per heavy atom. The van der Waals surface area contributed by atoms with Crippen molar-refractivity contribution in [3.8, 4) is 0 Å². The molecular formula is C18H24N7NaO9S2. The van der Waals surface area contributed by atoms with Crippen LogP contribution in [0.15, 0.2) is 10.5 Å². The number of nitrogens with two attached hydrogens (primary N) is 2. The molecular weight excluding hydrogens is 545 g/mol. The predicted octanol–water partition coefficient (Wildman–Crippen LogP) is -4.90. The molecule has 1 aromatic rings. The molecule has 198 valence electrons. The van der Waals surface area contributed by atoms with E-state index in [9.17, 15) is 32.1 Å². The molecule has 0 aliphatic carbocycles. The molecule has 0 spiro atoms. The summed E-state index contributed by atoms with van der Waals surface area (Å²) in [5, 5.41) is 7.38. The van der Waals surface area contributed by atoms with Crippen LogP contribution in [0.5, 0.6) is 0 Å². The summed E-state index contributed by atoms with van der Waals surface area (Å²) in [7, 11) is -5.26. The van der Waals surface area contributed by atoms with Gasteiger partial charge in [-0.3, -0.25) is 14.4 Å². The fourth-order valence-corrected chi connectivity index (χ4v) is 5.05. The van der Waals surface area contributed by atoms with Gasteiger partial charge in [-0.25, -0.2) is 22.5 Å². The number of oxime groups is 1. The smallest absolute Gasteiger partial charge is 0.731 e. The van der Waals surface area contributed by atoms with E-state index in [1.807, 2.05) is 0 Å². The first-order chi connectivity index (χ1) is 17.0. The van der Waals surface area contributed by atoms with Crippen LogP contribution < -0.4 is 46.3 Å². The molecule has 0 aromatic carbocycles. The first kappa shape index (κ1) is 30.7. The van der Waals surface area contributed by atoms with Gasteiger partial charge in [0.05, 0.1) is 0 Å². The third kappa shape index (κ3) is 7.99. The fourth-order valence-electron chi connectivity index (χ4n) is 3.66. The molecule has 19 heteroatoms. The number of β-lactam (4-membered cyclic amide) rings is 1. The van der Waals surface area contributed by atoms with Crippen LogP contribution in [0.4, 0.5) is 9.93 Å². The maximum absolute atomic E-state index is 12.9. The molecule has 3 rings (SSSR count). The maximum Gasteiger partial charge on any atom is 1.00 e. The molecule has 0 saturated carbocycles. The number of rotatable bonds is 9. The van der Waals surface area contributed by atoms with Crippen molar-refractivity contribution in [3.63, 3.8) is 0 Å². The Bertz CT molecular complexity index is 1150. The van der Waals surface area contributed by atoms with E-state index in [1.165, 1.54) is 5.38 Å². The van der Waals surface area contributed by atoms with Crippen molar-refractivity contribution in [2.75, 3.05) is 32.0 Å². The predicted molar refractivity (Wildman–Crippen MR) is 122 cm³/mol. The third-order valence-corrected chi connectivity index (χ3v) is 6.98. The number of amides is 4. The number of hydrogen-bond donors (Lipinski definition) is 3. The zero-order valence-corrected chi connectivity index (χ0v) is 23.5. The fraction of sp³-hybridized carbons (Fsp3) is 0.556. The topological polar surface area (TPSA) is 240 Å². The van der Waals surface area contributed by atoms with E-state index in [2.05, 4.69) is 20.2 Å². The van der Waals surface area contributed by atoms with Crippen LogP contribution >= 0.6 is 11.3 Å². The number of thiazole rings is 1. The Morgan fingerprint density at radius 2 is 1.89 bits per heavy atom. The minimum Gasteiger partial charge on any atom is -0.731 e. The molecule has 0 unspecified atom stereocenters. The molecule has 5 N–H and O–H groups in total. The van der Waals surface area contributed by atoms with E-state index in [0.29, 0.717) is 13.1 Å². The van der Waals surface area contributed by atoms with Crippen molar-refractivity contribution in [1.82, 2.24) is 19.5 Å². The molecule has 2 aliphatic heterocycles.